The Hall–Kier alpha value is -0.800. The SMILES string of the molecule is COc1ccc(F)cc1[C@@H]1CCCN1.Cl. The number of ether oxygens (including phenoxy) is 1. The molecule has 0 aliphatic carbocycles. The zero-order valence-electron chi connectivity index (χ0n) is 8.63. The van der Waals surface area contributed by atoms with Gasteiger partial charge in [0.2, 0.25) is 0 Å². The Morgan fingerprint density at radius 1 is 1.47 bits per heavy atom. The van der Waals surface area contributed by atoms with Gasteiger partial charge in [0.25, 0.3) is 0 Å². The van der Waals surface area contributed by atoms with Crippen molar-refractivity contribution < 1.29 is 9.13 Å². The third-order valence-electron chi connectivity index (χ3n) is 2.63. The summed E-state index contributed by atoms with van der Waals surface area (Å²) in [5.74, 6) is 0.570. The van der Waals surface area contributed by atoms with E-state index in [0.717, 1.165) is 30.7 Å². The lowest BCUT2D eigenvalue weighted by Gasteiger charge is -2.14. The van der Waals surface area contributed by atoms with E-state index < -0.39 is 0 Å². The number of hydrogen-bond acceptors (Lipinski definition) is 2. The molecule has 0 saturated carbocycles. The average molecular weight is 232 g/mol. The van der Waals surface area contributed by atoms with E-state index in [-0.39, 0.29) is 24.3 Å². The van der Waals surface area contributed by atoms with Crippen LogP contribution in [0.3, 0.4) is 0 Å². The Bertz CT molecular complexity index is 326. The van der Waals surface area contributed by atoms with Crippen LogP contribution in [0.15, 0.2) is 18.2 Å². The summed E-state index contributed by atoms with van der Waals surface area (Å²) in [5.41, 5.74) is 0.935. The van der Waals surface area contributed by atoms with E-state index in [9.17, 15) is 4.39 Å². The van der Waals surface area contributed by atoms with E-state index in [2.05, 4.69) is 5.32 Å². The number of hydrogen-bond donors (Lipinski definition) is 1. The Kier molecular flexibility index (Phi) is 4.36. The van der Waals surface area contributed by atoms with E-state index in [4.69, 9.17) is 4.74 Å². The smallest absolute Gasteiger partial charge is 0.123 e. The van der Waals surface area contributed by atoms with Crippen LogP contribution in [0.4, 0.5) is 4.39 Å². The molecule has 1 atom stereocenters. The van der Waals surface area contributed by atoms with Crippen LogP contribution in [0, 0.1) is 5.82 Å². The van der Waals surface area contributed by atoms with E-state index in [0.29, 0.717) is 0 Å². The predicted molar refractivity (Wildman–Crippen MR) is 60.2 cm³/mol. The fraction of sp³-hybridized carbons (Fsp3) is 0.455. The molecule has 0 spiro atoms. The second-order valence-electron chi connectivity index (χ2n) is 3.54. The molecule has 2 nitrogen and oxygen atoms in total. The van der Waals surface area contributed by atoms with E-state index in [1.807, 2.05) is 0 Å². The molecule has 1 aromatic carbocycles. The lowest BCUT2D eigenvalue weighted by molar-refractivity contribution is 0.401. The maximum atomic E-state index is 13.1. The molecule has 1 aliphatic rings. The van der Waals surface area contributed by atoms with Gasteiger partial charge in [-0.3, -0.25) is 0 Å². The summed E-state index contributed by atoms with van der Waals surface area (Å²) in [6, 6.07) is 4.92. The van der Waals surface area contributed by atoms with Gasteiger partial charge in [-0.05, 0) is 37.6 Å². The van der Waals surface area contributed by atoms with Crippen LogP contribution >= 0.6 is 12.4 Å². The van der Waals surface area contributed by atoms with Crippen molar-refractivity contribution in [1.82, 2.24) is 5.32 Å². The molecule has 4 heteroatoms. The number of nitrogens with one attached hydrogen (secondary N) is 1. The largest absolute Gasteiger partial charge is 0.496 e. The average Bonchev–Trinajstić information content (AvgIpc) is 2.70. The van der Waals surface area contributed by atoms with Gasteiger partial charge in [-0.1, -0.05) is 0 Å². The summed E-state index contributed by atoms with van der Waals surface area (Å²) in [6.07, 6.45) is 2.20. The second kappa shape index (κ2) is 5.33. The van der Waals surface area contributed by atoms with Gasteiger partial charge in [0.15, 0.2) is 0 Å². The number of benzene rings is 1. The summed E-state index contributed by atoms with van der Waals surface area (Å²) < 4.78 is 18.3. The first-order chi connectivity index (χ1) is 6.81. The van der Waals surface area contributed by atoms with Gasteiger partial charge in [-0.25, -0.2) is 4.39 Å². The molecule has 0 radical (unpaired) electrons. The molecule has 0 bridgehead atoms. The van der Waals surface area contributed by atoms with Gasteiger partial charge in [0.1, 0.15) is 11.6 Å². The Morgan fingerprint density at radius 2 is 2.27 bits per heavy atom. The first kappa shape index (κ1) is 12.3. The minimum absolute atomic E-state index is 0. The van der Waals surface area contributed by atoms with Crippen LogP contribution < -0.4 is 10.1 Å². The van der Waals surface area contributed by atoms with Crippen LogP contribution in [-0.2, 0) is 0 Å². The highest BCUT2D eigenvalue weighted by molar-refractivity contribution is 5.85. The molecule has 0 aromatic heterocycles. The minimum Gasteiger partial charge on any atom is -0.496 e. The van der Waals surface area contributed by atoms with Crippen LogP contribution in [0.2, 0.25) is 0 Å². The minimum atomic E-state index is -0.200. The summed E-state index contributed by atoms with van der Waals surface area (Å²) in [6.45, 7) is 1.00. The van der Waals surface area contributed by atoms with Gasteiger partial charge in [0.05, 0.1) is 7.11 Å². The van der Waals surface area contributed by atoms with Crippen molar-refractivity contribution in [2.24, 2.45) is 0 Å². The molecule has 84 valence electrons. The topological polar surface area (TPSA) is 21.3 Å². The standard InChI is InChI=1S/C11H14FNO.ClH/c1-14-11-5-4-8(12)7-9(11)10-3-2-6-13-10;/h4-5,7,10,13H,2-3,6H2,1H3;1H/t10-;/m0./s1. The predicted octanol–water partition coefficient (Wildman–Crippen LogP) is 2.68. The lowest BCUT2D eigenvalue weighted by atomic mass is 10.0. The first-order valence-electron chi connectivity index (χ1n) is 4.88. The van der Waals surface area contributed by atoms with Gasteiger partial charge >= 0.3 is 0 Å². The van der Waals surface area contributed by atoms with Crippen LogP contribution in [0.1, 0.15) is 24.4 Å². The van der Waals surface area contributed by atoms with Gasteiger partial charge in [0, 0.05) is 11.6 Å². The molecule has 1 saturated heterocycles. The lowest BCUT2D eigenvalue weighted by Crippen LogP contribution is -2.14. The second-order valence-corrected chi connectivity index (χ2v) is 3.54. The van der Waals surface area contributed by atoms with Crippen molar-refractivity contribution in [2.75, 3.05) is 13.7 Å². The third kappa shape index (κ3) is 2.61. The maximum absolute atomic E-state index is 13.1. The molecule has 1 fully saturated rings. The summed E-state index contributed by atoms with van der Waals surface area (Å²) in [7, 11) is 1.62. The molecule has 1 aliphatic heterocycles. The molecule has 0 amide bonds. The van der Waals surface area contributed by atoms with Crippen LogP contribution in [-0.4, -0.2) is 13.7 Å². The number of halogens is 2. The van der Waals surface area contributed by atoms with Crippen molar-refractivity contribution in [3.05, 3.63) is 29.6 Å². The number of methoxy groups -OCH3 is 1. The van der Waals surface area contributed by atoms with E-state index >= 15 is 0 Å². The zero-order valence-corrected chi connectivity index (χ0v) is 9.44. The highest BCUT2D eigenvalue weighted by atomic mass is 35.5. The number of rotatable bonds is 2. The summed E-state index contributed by atoms with van der Waals surface area (Å²) >= 11 is 0. The molecule has 1 N–H and O–H groups in total. The molecule has 0 unspecified atom stereocenters. The molecule has 1 aromatic rings. The molecule has 2 rings (SSSR count). The normalized spacial score (nSPS) is 19.7. The highest BCUT2D eigenvalue weighted by Gasteiger charge is 2.20. The van der Waals surface area contributed by atoms with E-state index in [1.54, 1.807) is 19.2 Å². The third-order valence-corrected chi connectivity index (χ3v) is 2.63. The first-order valence-corrected chi connectivity index (χ1v) is 4.88. The van der Waals surface area contributed by atoms with Crippen molar-refractivity contribution in [1.29, 1.82) is 0 Å². The Balaban J connectivity index is 0.00000112. The molecular weight excluding hydrogens is 217 g/mol. The zero-order chi connectivity index (χ0) is 9.97. The molecular formula is C11H15ClFNO. The molecule has 1 heterocycles. The van der Waals surface area contributed by atoms with Crippen molar-refractivity contribution in [3.8, 4) is 5.75 Å². The van der Waals surface area contributed by atoms with Crippen molar-refractivity contribution >= 4 is 12.4 Å². The van der Waals surface area contributed by atoms with Crippen molar-refractivity contribution in [2.45, 2.75) is 18.9 Å². The summed E-state index contributed by atoms with van der Waals surface area (Å²) in [5, 5.41) is 3.33. The van der Waals surface area contributed by atoms with Crippen LogP contribution in [0.5, 0.6) is 5.75 Å². The van der Waals surface area contributed by atoms with E-state index in [1.165, 1.54) is 6.07 Å². The Labute approximate surface area is 95.2 Å². The molecule has 15 heavy (non-hydrogen) atoms. The quantitative estimate of drug-likeness (QED) is 0.845. The Morgan fingerprint density at radius 3 is 2.87 bits per heavy atom. The van der Waals surface area contributed by atoms with Crippen LogP contribution in [0.25, 0.3) is 0 Å². The fourth-order valence-electron chi connectivity index (χ4n) is 1.93. The van der Waals surface area contributed by atoms with Gasteiger partial charge in [-0.15, -0.1) is 12.4 Å². The highest BCUT2D eigenvalue weighted by Crippen LogP contribution is 2.31. The summed E-state index contributed by atoms with van der Waals surface area (Å²) in [4.78, 5) is 0. The fourth-order valence-corrected chi connectivity index (χ4v) is 1.93. The maximum Gasteiger partial charge on any atom is 0.123 e. The monoisotopic (exact) mass is 231 g/mol. The van der Waals surface area contributed by atoms with Gasteiger partial charge in [-0.2, -0.15) is 0 Å². The van der Waals surface area contributed by atoms with Gasteiger partial charge < -0.3 is 10.1 Å². The van der Waals surface area contributed by atoms with Crippen molar-refractivity contribution in [3.63, 3.8) is 0 Å².